The molecule has 0 bridgehead atoms. The summed E-state index contributed by atoms with van der Waals surface area (Å²) in [6.07, 6.45) is 2.15. The van der Waals surface area contributed by atoms with Crippen LogP contribution in [-0.2, 0) is 6.42 Å². The Hall–Kier alpha value is -2.69. The van der Waals surface area contributed by atoms with Crippen LogP contribution in [0.15, 0.2) is 41.4 Å². The molecule has 4 rings (SSSR count). The van der Waals surface area contributed by atoms with Gasteiger partial charge in [-0.25, -0.2) is 4.99 Å². The van der Waals surface area contributed by atoms with Gasteiger partial charge >= 0.3 is 0 Å². The van der Waals surface area contributed by atoms with Crippen molar-refractivity contribution in [1.82, 2.24) is 0 Å². The lowest BCUT2D eigenvalue weighted by Crippen LogP contribution is -2.23. The fourth-order valence-corrected chi connectivity index (χ4v) is 3.77. The SMILES string of the molecule is CCOc1cc2c(cc1C1CC1N=C(N)Nc1cccc(C)c1)OC(C)C2. The van der Waals surface area contributed by atoms with E-state index >= 15 is 0 Å². The Kier molecular flexibility index (Phi) is 4.68. The summed E-state index contributed by atoms with van der Waals surface area (Å²) in [7, 11) is 0. The van der Waals surface area contributed by atoms with Gasteiger partial charge in [0.05, 0.1) is 12.6 Å². The average molecular weight is 365 g/mol. The second kappa shape index (κ2) is 7.14. The molecule has 5 heteroatoms. The van der Waals surface area contributed by atoms with Crippen molar-refractivity contribution in [3.8, 4) is 11.5 Å². The Labute approximate surface area is 160 Å². The summed E-state index contributed by atoms with van der Waals surface area (Å²) in [5, 5.41) is 3.19. The van der Waals surface area contributed by atoms with Crippen molar-refractivity contribution in [2.75, 3.05) is 11.9 Å². The van der Waals surface area contributed by atoms with E-state index in [1.807, 2.05) is 19.1 Å². The van der Waals surface area contributed by atoms with Crippen LogP contribution >= 0.6 is 0 Å². The van der Waals surface area contributed by atoms with Crippen LogP contribution < -0.4 is 20.5 Å². The number of fused-ring (bicyclic) bond motifs is 1. The average Bonchev–Trinajstić information content (AvgIpc) is 3.25. The second-order valence-corrected chi connectivity index (χ2v) is 7.48. The molecular weight excluding hydrogens is 338 g/mol. The molecule has 0 saturated heterocycles. The van der Waals surface area contributed by atoms with Gasteiger partial charge in [-0.3, -0.25) is 0 Å². The molecule has 0 aromatic heterocycles. The van der Waals surface area contributed by atoms with Crippen LogP contribution in [0.1, 0.15) is 42.9 Å². The van der Waals surface area contributed by atoms with Crippen molar-refractivity contribution >= 4 is 11.6 Å². The summed E-state index contributed by atoms with van der Waals surface area (Å²) < 4.78 is 11.8. The van der Waals surface area contributed by atoms with Gasteiger partial charge in [-0.1, -0.05) is 12.1 Å². The Morgan fingerprint density at radius 1 is 1.33 bits per heavy atom. The third-order valence-corrected chi connectivity index (χ3v) is 5.08. The van der Waals surface area contributed by atoms with E-state index in [4.69, 9.17) is 15.2 Å². The number of aryl methyl sites for hydroxylation is 1. The van der Waals surface area contributed by atoms with Gasteiger partial charge in [0.2, 0.25) is 0 Å². The zero-order valence-corrected chi connectivity index (χ0v) is 16.2. The molecule has 2 aromatic carbocycles. The second-order valence-electron chi connectivity index (χ2n) is 7.48. The summed E-state index contributed by atoms with van der Waals surface area (Å²) in [5.41, 5.74) is 10.7. The van der Waals surface area contributed by atoms with Crippen LogP contribution in [0.5, 0.6) is 11.5 Å². The summed E-state index contributed by atoms with van der Waals surface area (Å²) >= 11 is 0. The van der Waals surface area contributed by atoms with Crippen molar-refractivity contribution < 1.29 is 9.47 Å². The number of hydrogen-bond donors (Lipinski definition) is 2. The fourth-order valence-electron chi connectivity index (χ4n) is 3.77. The van der Waals surface area contributed by atoms with Gasteiger partial charge in [0.1, 0.15) is 17.6 Å². The number of guanidine groups is 1. The number of benzene rings is 2. The third kappa shape index (κ3) is 3.87. The van der Waals surface area contributed by atoms with Crippen LogP contribution in [0.4, 0.5) is 5.69 Å². The van der Waals surface area contributed by atoms with Gasteiger partial charge in [-0.05, 0) is 57.0 Å². The first-order valence-electron chi connectivity index (χ1n) is 9.66. The number of rotatable bonds is 5. The van der Waals surface area contributed by atoms with E-state index in [1.54, 1.807) is 0 Å². The monoisotopic (exact) mass is 365 g/mol. The van der Waals surface area contributed by atoms with E-state index in [9.17, 15) is 0 Å². The first kappa shape index (κ1) is 17.7. The van der Waals surface area contributed by atoms with Crippen molar-refractivity contribution in [2.45, 2.75) is 51.7 Å². The highest BCUT2D eigenvalue weighted by molar-refractivity contribution is 5.92. The van der Waals surface area contributed by atoms with Crippen molar-refractivity contribution in [3.05, 3.63) is 53.1 Å². The third-order valence-electron chi connectivity index (χ3n) is 5.08. The molecule has 3 N–H and O–H groups in total. The van der Waals surface area contributed by atoms with Gasteiger partial charge < -0.3 is 20.5 Å². The summed E-state index contributed by atoms with van der Waals surface area (Å²) in [4.78, 5) is 4.67. The highest BCUT2D eigenvalue weighted by Crippen LogP contribution is 2.49. The van der Waals surface area contributed by atoms with Crippen molar-refractivity contribution in [3.63, 3.8) is 0 Å². The lowest BCUT2D eigenvalue weighted by Gasteiger charge is -2.12. The first-order valence-corrected chi connectivity index (χ1v) is 9.66. The molecule has 1 fully saturated rings. The minimum Gasteiger partial charge on any atom is -0.494 e. The Balaban J connectivity index is 1.50. The van der Waals surface area contributed by atoms with E-state index in [-0.39, 0.29) is 12.1 Å². The molecule has 1 aliphatic heterocycles. The summed E-state index contributed by atoms with van der Waals surface area (Å²) in [6.45, 7) is 6.83. The normalized spacial score (nSPS) is 23.5. The number of aliphatic imine (C=N–C) groups is 1. The lowest BCUT2D eigenvalue weighted by atomic mass is 10.0. The Bertz CT molecular complexity index is 878. The van der Waals surface area contributed by atoms with Crippen LogP contribution in [0.3, 0.4) is 0 Å². The van der Waals surface area contributed by atoms with Gasteiger partial charge in [-0.15, -0.1) is 0 Å². The van der Waals surface area contributed by atoms with E-state index in [0.717, 1.165) is 30.0 Å². The molecule has 0 radical (unpaired) electrons. The number of ether oxygens (including phenoxy) is 2. The Morgan fingerprint density at radius 2 is 2.19 bits per heavy atom. The minimum atomic E-state index is 0.179. The van der Waals surface area contributed by atoms with Gasteiger partial charge in [-0.2, -0.15) is 0 Å². The topological polar surface area (TPSA) is 68.9 Å². The van der Waals surface area contributed by atoms with Crippen molar-refractivity contribution in [2.24, 2.45) is 10.7 Å². The molecule has 1 heterocycles. The van der Waals surface area contributed by atoms with E-state index in [1.165, 1.54) is 16.7 Å². The minimum absolute atomic E-state index is 0.179. The molecule has 1 aliphatic carbocycles. The summed E-state index contributed by atoms with van der Waals surface area (Å²) in [5.74, 6) is 2.73. The predicted octanol–water partition coefficient (Wildman–Crippen LogP) is 4.00. The number of nitrogens with zero attached hydrogens (tertiary/aromatic N) is 1. The lowest BCUT2D eigenvalue weighted by molar-refractivity contribution is 0.254. The molecule has 3 unspecified atom stereocenters. The highest BCUT2D eigenvalue weighted by atomic mass is 16.5. The predicted molar refractivity (Wildman–Crippen MR) is 109 cm³/mol. The van der Waals surface area contributed by atoms with Crippen LogP contribution in [-0.4, -0.2) is 24.7 Å². The van der Waals surface area contributed by atoms with E-state index in [0.29, 0.717) is 18.5 Å². The maximum Gasteiger partial charge on any atom is 0.193 e. The van der Waals surface area contributed by atoms with Gasteiger partial charge in [0, 0.05) is 29.2 Å². The van der Waals surface area contributed by atoms with Gasteiger partial charge in [0.25, 0.3) is 0 Å². The maximum atomic E-state index is 6.13. The number of nitrogens with one attached hydrogen (secondary N) is 1. The molecule has 1 saturated carbocycles. The first-order chi connectivity index (χ1) is 13.0. The fraction of sp³-hybridized carbons (Fsp3) is 0.409. The smallest absolute Gasteiger partial charge is 0.193 e. The molecule has 0 spiro atoms. The van der Waals surface area contributed by atoms with E-state index < -0.39 is 0 Å². The van der Waals surface area contributed by atoms with Crippen LogP contribution in [0.25, 0.3) is 0 Å². The standard InChI is InChI=1S/C22H27N3O2/c1-4-26-21-10-15-9-14(3)27-20(15)12-18(21)17-11-19(17)25-22(23)24-16-7-5-6-13(2)8-16/h5-8,10,12,14,17,19H,4,9,11H2,1-3H3,(H3,23,24,25). The van der Waals surface area contributed by atoms with Crippen molar-refractivity contribution in [1.29, 1.82) is 0 Å². The molecule has 2 aliphatic rings. The molecule has 27 heavy (non-hydrogen) atoms. The van der Waals surface area contributed by atoms with Gasteiger partial charge in [0.15, 0.2) is 5.96 Å². The molecular formula is C22H27N3O2. The number of anilines is 1. The van der Waals surface area contributed by atoms with Crippen LogP contribution in [0.2, 0.25) is 0 Å². The molecule has 0 amide bonds. The molecule has 3 atom stereocenters. The molecule has 2 aromatic rings. The Morgan fingerprint density at radius 3 is 2.96 bits per heavy atom. The molecule has 142 valence electrons. The van der Waals surface area contributed by atoms with E-state index in [2.05, 4.69) is 48.4 Å². The number of hydrogen-bond acceptors (Lipinski definition) is 3. The van der Waals surface area contributed by atoms with Crippen LogP contribution in [0, 0.1) is 6.92 Å². The zero-order valence-electron chi connectivity index (χ0n) is 16.2. The highest BCUT2D eigenvalue weighted by Gasteiger charge is 2.41. The number of nitrogens with two attached hydrogens (primary N) is 1. The quantitative estimate of drug-likeness (QED) is 0.621. The summed E-state index contributed by atoms with van der Waals surface area (Å²) in [6, 6.07) is 12.6. The largest absolute Gasteiger partial charge is 0.494 e. The molecule has 5 nitrogen and oxygen atoms in total. The maximum absolute atomic E-state index is 6.13. The zero-order chi connectivity index (χ0) is 19.0.